The minimum absolute atomic E-state index is 0.0262. The van der Waals surface area contributed by atoms with Gasteiger partial charge in [0.15, 0.2) is 5.82 Å². The summed E-state index contributed by atoms with van der Waals surface area (Å²) in [6.45, 7) is 1.99. The van der Waals surface area contributed by atoms with Gasteiger partial charge in [0.2, 0.25) is 5.95 Å². The lowest BCUT2D eigenvalue weighted by molar-refractivity contribution is -0.140. The van der Waals surface area contributed by atoms with Gasteiger partial charge in [-0.25, -0.2) is 14.8 Å². The number of carbonyl (C=O) groups excluding carboxylic acids is 1. The number of aromatic nitrogens is 4. The van der Waals surface area contributed by atoms with E-state index in [0.717, 1.165) is 47.7 Å². The van der Waals surface area contributed by atoms with Gasteiger partial charge in [-0.05, 0) is 68.0 Å². The van der Waals surface area contributed by atoms with Gasteiger partial charge in [-0.1, -0.05) is 6.92 Å². The Labute approximate surface area is 248 Å². The Morgan fingerprint density at radius 3 is 2.39 bits per heavy atom. The smallest absolute Gasteiger partial charge is 0.351 e. The molecule has 0 bridgehead atoms. The van der Waals surface area contributed by atoms with E-state index in [1.54, 1.807) is 13.2 Å². The van der Waals surface area contributed by atoms with Crippen molar-refractivity contribution < 1.29 is 31.1 Å². The predicted octanol–water partition coefficient (Wildman–Crippen LogP) is 6.96. The number of nitrogens with one attached hydrogen (secondary N) is 3. The number of urea groups is 1. The molecule has 5 N–H and O–H groups in total. The standard InChI is InChI=1S/C29H30F6N8O/c1-3-15-10-16(11-17-14-37-26(41-25(15)17)38-20-7-5-19(36)6-8-20)23-13-24(42-43(23)2)40-27(44)39-22-12-18(28(30,31)32)4-9-21(22)29(33,34)35/h4,9-14,19-20H,3,5-8,36H2,1-2H3,(H,37,38,41)(H2,39,40,42,44). The number of rotatable bonds is 6. The van der Waals surface area contributed by atoms with Crippen LogP contribution >= 0.6 is 0 Å². The fourth-order valence-corrected chi connectivity index (χ4v) is 5.29. The quantitative estimate of drug-likeness (QED) is 0.173. The number of amides is 2. The number of hydrogen-bond acceptors (Lipinski definition) is 6. The van der Waals surface area contributed by atoms with Gasteiger partial charge in [0.25, 0.3) is 0 Å². The van der Waals surface area contributed by atoms with E-state index in [-0.39, 0.29) is 30.0 Å². The van der Waals surface area contributed by atoms with E-state index in [4.69, 9.17) is 10.7 Å². The molecule has 0 unspecified atom stereocenters. The van der Waals surface area contributed by atoms with Gasteiger partial charge in [-0.15, -0.1) is 0 Å². The Kier molecular flexibility index (Phi) is 8.42. The molecule has 1 aliphatic rings. The maximum Gasteiger partial charge on any atom is 0.418 e. The van der Waals surface area contributed by atoms with Crippen LogP contribution in [-0.2, 0) is 25.8 Å². The van der Waals surface area contributed by atoms with Crippen LogP contribution in [0.5, 0.6) is 0 Å². The largest absolute Gasteiger partial charge is 0.418 e. The van der Waals surface area contributed by atoms with Crippen LogP contribution in [-0.4, -0.2) is 37.9 Å². The molecule has 1 saturated carbocycles. The number of hydrogen-bond donors (Lipinski definition) is 4. The highest BCUT2D eigenvalue weighted by Crippen LogP contribution is 2.39. The monoisotopic (exact) mass is 620 g/mol. The number of halogens is 6. The summed E-state index contributed by atoms with van der Waals surface area (Å²) in [4.78, 5) is 21.8. The number of carbonyl (C=O) groups is 1. The second kappa shape index (κ2) is 11.9. The molecular formula is C29H30F6N8O. The Morgan fingerprint density at radius 1 is 1.00 bits per heavy atom. The summed E-state index contributed by atoms with van der Waals surface area (Å²) >= 11 is 0. The van der Waals surface area contributed by atoms with Crippen molar-refractivity contribution in [1.29, 1.82) is 0 Å². The molecule has 2 amide bonds. The number of fused-ring (bicyclic) bond motifs is 1. The van der Waals surface area contributed by atoms with Crippen LogP contribution in [0.15, 0.2) is 42.6 Å². The van der Waals surface area contributed by atoms with Crippen molar-refractivity contribution in [3.63, 3.8) is 0 Å². The highest BCUT2D eigenvalue weighted by Gasteiger charge is 2.37. The molecule has 2 aromatic carbocycles. The second-order valence-corrected chi connectivity index (χ2v) is 10.7. The van der Waals surface area contributed by atoms with Gasteiger partial charge in [0.1, 0.15) is 0 Å². The molecule has 9 nitrogen and oxygen atoms in total. The van der Waals surface area contributed by atoms with Crippen molar-refractivity contribution in [3.05, 3.63) is 59.3 Å². The fourth-order valence-electron chi connectivity index (χ4n) is 5.29. The minimum Gasteiger partial charge on any atom is -0.351 e. The number of anilines is 3. The lowest BCUT2D eigenvalue weighted by atomic mass is 9.92. The average molecular weight is 621 g/mol. The normalized spacial score (nSPS) is 17.5. The SMILES string of the molecule is CCc1cc(-c2cc(NC(=O)Nc3cc(C(F)(F)F)ccc3C(F)(F)F)nn2C)cc2cnc(NC3CCC(N)CC3)nc12. The molecule has 0 radical (unpaired) electrons. The first-order valence-corrected chi connectivity index (χ1v) is 13.9. The maximum atomic E-state index is 13.4. The zero-order valence-corrected chi connectivity index (χ0v) is 23.8. The maximum absolute atomic E-state index is 13.4. The molecule has 234 valence electrons. The molecule has 4 aromatic rings. The highest BCUT2D eigenvalue weighted by molar-refractivity contribution is 6.00. The van der Waals surface area contributed by atoms with Gasteiger partial charge in [-0.2, -0.15) is 31.4 Å². The van der Waals surface area contributed by atoms with E-state index >= 15 is 0 Å². The fraction of sp³-hybridized carbons (Fsp3) is 0.379. The van der Waals surface area contributed by atoms with Crippen molar-refractivity contribution in [3.8, 4) is 11.3 Å². The number of benzene rings is 2. The van der Waals surface area contributed by atoms with Crippen LogP contribution in [0.3, 0.4) is 0 Å². The first kappa shape index (κ1) is 31.0. The number of aryl methyl sites for hydroxylation is 2. The molecule has 5 rings (SSSR count). The zero-order valence-electron chi connectivity index (χ0n) is 23.8. The van der Waals surface area contributed by atoms with Crippen molar-refractivity contribution in [1.82, 2.24) is 19.7 Å². The molecular weight excluding hydrogens is 590 g/mol. The summed E-state index contributed by atoms with van der Waals surface area (Å²) in [6, 6.07) is 5.39. The van der Waals surface area contributed by atoms with Gasteiger partial charge in [0, 0.05) is 42.3 Å². The van der Waals surface area contributed by atoms with Crippen molar-refractivity contribution in [2.45, 2.75) is 63.5 Å². The lowest BCUT2D eigenvalue weighted by Gasteiger charge is -2.26. The summed E-state index contributed by atoms with van der Waals surface area (Å²) in [6.07, 6.45) is -3.75. The van der Waals surface area contributed by atoms with Crippen LogP contribution in [0, 0.1) is 0 Å². The molecule has 0 aliphatic heterocycles. The van der Waals surface area contributed by atoms with Crippen LogP contribution in [0.1, 0.15) is 49.3 Å². The lowest BCUT2D eigenvalue weighted by Crippen LogP contribution is -2.33. The van der Waals surface area contributed by atoms with E-state index in [0.29, 0.717) is 24.1 Å². The molecule has 0 saturated heterocycles. The van der Waals surface area contributed by atoms with Crippen LogP contribution in [0.4, 0.5) is 48.6 Å². The molecule has 2 heterocycles. The van der Waals surface area contributed by atoms with Crippen molar-refractivity contribution in [2.75, 3.05) is 16.0 Å². The van der Waals surface area contributed by atoms with Gasteiger partial charge < -0.3 is 16.4 Å². The Morgan fingerprint density at radius 2 is 1.73 bits per heavy atom. The molecule has 15 heteroatoms. The molecule has 0 atom stereocenters. The van der Waals surface area contributed by atoms with E-state index < -0.39 is 35.2 Å². The summed E-state index contributed by atoms with van der Waals surface area (Å²) < 4.78 is 81.1. The van der Waals surface area contributed by atoms with Crippen molar-refractivity contribution in [2.24, 2.45) is 12.8 Å². The molecule has 2 aromatic heterocycles. The third-order valence-electron chi connectivity index (χ3n) is 7.57. The number of nitrogens with zero attached hydrogens (tertiary/aromatic N) is 4. The first-order valence-electron chi connectivity index (χ1n) is 13.9. The van der Waals surface area contributed by atoms with Gasteiger partial charge >= 0.3 is 18.4 Å². The topological polar surface area (TPSA) is 123 Å². The number of nitrogens with two attached hydrogens (primary N) is 1. The van der Waals surface area contributed by atoms with E-state index in [2.05, 4.69) is 20.7 Å². The van der Waals surface area contributed by atoms with Crippen LogP contribution < -0.4 is 21.7 Å². The summed E-state index contributed by atoms with van der Waals surface area (Å²) in [5.74, 6) is 0.509. The second-order valence-electron chi connectivity index (χ2n) is 10.7. The molecule has 1 fully saturated rings. The van der Waals surface area contributed by atoms with E-state index in [9.17, 15) is 31.1 Å². The number of alkyl halides is 6. The summed E-state index contributed by atoms with van der Waals surface area (Å²) in [5, 5.41) is 12.6. The third kappa shape index (κ3) is 6.87. The third-order valence-corrected chi connectivity index (χ3v) is 7.57. The zero-order chi connectivity index (χ0) is 31.8. The predicted molar refractivity (Wildman–Crippen MR) is 154 cm³/mol. The Hall–Kier alpha value is -4.40. The summed E-state index contributed by atoms with van der Waals surface area (Å²) in [7, 11) is 1.61. The Bertz CT molecular complexity index is 1680. The minimum atomic E-state index is -5.00. The average Bonchev–Trinajstić information content (AvgIpc) is 3.31. The molecule has 0 spiro atoms. The van der Waals surface area contributed by atoms with Gasteiger partial charge in [0.05, 0.1) is 28.0 Å². The van der Waals surface area contributed by atoms with Crippen molar-refractivity contribution >= 4 is 34.4 Å². The van der Waals surface area contributed by atoms with E-state index in [1.165, 1.54) is 10.7 Å². The first-order chi connectivity index (χ1) is 20.7. The molecule has 44 heavy (non-hydrogen) atoms. The highest BCUT2D eigenvalue weighted by atomic mass is 19.4. The van der Waals surface area contributed by atoms with E-state index in [1.807, 2.05) is 24.4 Å². The molecule has 1 aliphatic carbocycles. The van der Waals surface area contributed by atoms with Gasteiger partial charge in [-0.3, -0.25) is 10.00 Å². The summed E-state index contributed by atoms with van der Waals surface area (Å²) in [5.41, 5.74) is 5.21. The Balaban J connectivity index is 1.36. The van der Waals surface area contributed by atoms with Crippen LogP contribution in [0.2, 0.25) is 0 Å². The van der Waals surface area contributed by atoms with Crippen LogP contribution in [0.25, 0.3) is 22.2 Å².